The Morgan fingerprint density at radius 1 is 1.35 bits per heavy atom. The van der Waals surface area contributed by atoms with E-state index in [1.807, 2.05) is 13.2 Å². The quantitative estimate of drug-likeness (QED) is 0.876. The van der Waals surface area contributed by atoms with Gasteiger partial charge in [-0.1, -0.05) is 0 Å². The minimum atomic E-state index is -0.988. The number of urea groups is 1. The molecule has 0 aliphatic rings. The van der Waals surface area contributed by atoms with Crippen LogP contribution < -0.4 is 5.32 Å². The van der Waals surface area contributed by atoms with Gasteiger partial charge in [0.2, 0.25) is 0 Å². The number of amides is 2. The number of carbonyl (C=O) groups excluding carboxylic acids is 1. The maximum absolute atomic E-state index is 12.0. The van der Waals surface area contributed by atoms with E-state index in [-0.39, 0.29) is 11.6 Å². The largest absolute Gasteiger partial charge is 0.478 e. The predicted octanol–water partition coefficient (Wildman–Crippen LogP) is 2.83. The molecule has 0 radical (unpaired) electrons. The van der Waals surface area contributed by atoms with Crippen molar-refractivity contribution in [3.05, 3.63) is 28.8 Å². The molecule has 0 spiro atoms. The molecule has 1 aromatic carbocycles. The molecule has 0 saturated heterocycles. The predicted molar refractivity (Wildman–Crippen MR) is 82.9 cm³/mol. The lowest BCUT2D eigenvalue weighted by molar-refractivity contribution is 0.0696. The molecule has 5 nitrogen and oxygen atoms in total. The van der Waals surface area contributed by atoms with E-state index in [0.717, 1.165) is 11.3 Å². The van der Waals surface area contributed by atoms with Crippen LogP contribution in [0.1, 0.15) is 21.5 Å². The van der Waals surface area contributed by atoms with Gasteiger partial charge in [0.1, 0.15) is 0 Å². The molecule has 20 heavy (non-hydrogen) atoms. The number of rotatable bonds is 5. The summed E-state index contributed by atoms with van der Waals surface area (Å²) in [6.07, 6.45) is 1.98. The van der Waals surface area contributed by atoms with Gasteiger partial charge in [-0.05, 0) is 43.4 Å². The number of nitrogens with zero attached hydrogens (tertiary/aromatic N) is 1. The summed E-state index contributed by atoms with van der Waals surface area (Å²) < 4.78 is 0. The lowest BCUT2D eigenvalue weighted by Gasteiger charge is -2.18. The first-order valence-corrected chi connectivity index (χ1v) is 7.61. The number of aryl methyl sites for hydroxylation is 1. The molecule has 2 N–H and O–H groups in total. The zero-order valence-electron chi connectivity index (χ0n) is 12.2. The van der Waals surface area contributed by atoms with Crippen molar-refractivity contribution in [1.82, 2.24) is 4.90 Å². The lowest BCUT2D eigenvalue weighted by atomic mass is 10.0. The number of aromatic carboxylic acids is 1. The highest BCUT2D eigenvalue weighted by atomic mass is 32.2. The third kappa shape index (κ3) is 4.16. The molecule has 0 unspecified atom stereocenters. The number of carboxylic acid groups (broad SMARTS) is 1. The molecule has 0 fully saturated rings. The fraction of sp³-hybridized carbons (Fsp3) is 0.429. The van der Waals surface area contributed by atoms with Crippen molar-refractivity contribution in [2.24, 2.45) is 0 Å². The smallest absolute Gasteiger partial charge is 0.336 e. The number of benzene rings is 1. The van der Waals surface area contributed by atoms with E-state index >= 15 is 0 Å². The summed E-state index contributed by atoms with van der Waals surface area (Å²) >= 11 is 1.67. The fourth-order valence-corrected chi connectivity index (χ4v) is 2.16. The number of anilines is 1. The van der Waals surface area contributed by atoms with Gasteiger partial charge >= 0.3 is 12.0 Å². The zero-order valence-corrected chi connectivity index (χ0v) is 13.0. The third-order valence-corrected chi connectivity index (χ3v) is 3.72. The second-order valence-corrected chi connectivity index (χ2v) is 5.60. The Bertz CT molecular complexity index is 517. The maximum Gasteiger partial charge on any atom is 0.336 e. The highest BCUT2D eigenvalue weighted by molar-refractivity contribution is 7.98. The van der Waals surface area contributed by atoms with Gasteiger partial charge in [-0.15, -0.1) is 0 Å². The third-order valence-electron chi connectivity index (χ3n) is 3.13. The summed E-state index contributed by atoms with van der Waals surface area (Å²) in [5.74, 6) is -0.130. The summed E-state index contributed by atoms with van der Waals surface area (Å²) in [6.45, 7) is 4.23. The Morgan fingerprint density at radius 3 is 2.55 bits per heavy atom. The Morgan fingerprint density at radius 2 is 2.00 bits per heavy atom. The number of thioether (sulfide) groups is 1. The molecule has 1 aromatic rings. The number of nitrogens with one attached hydrogen (secondary N) is 1. The minimum Gasteiger partial charge on any atom is -0.478 e. The number of hydrogen-bond donors (Lipinski definition) is 2. The molecule has 0 aromatic heterocycles. The monoisotopic (exact) mass is 296 g/mol. The van der Waals surface area contributed by atoms with Gasteiger partial charge in [0.15, 0.2) is 0 Å². The van der Waals surface area contributed by atoms with Crippen LogP contribution in [-0.2, 0) is 0 Å². The van der Waals surface area contributed by atoms with E-state index in [2.05, 4.69) is 5.32 Å². The molecule has 0 heterocycles. The molecule has 110 valence electrons. The van der Waals surface area contributed by atoms with Crippen molar-refractivity contribution in [2.75, 3.05) is 30.9 Å². The highest BCUT2D eigenvalue weighted by Crippen LogP contribution is 2.20. The summed E-state index contributed by atoms with van der Waals surface area (Å²) in [7, 11) is 1.71. The summed E-state index contributed by atoms with van der Waals surface area (Å²) in [4.78, 5) is 24.7. The van der Waals surface area contributed by atoms with Gasteiger partial charge < -0.3 is 15.3 Å². The van der Waals surface area contributed by atoms with Crippen LogP contribution in [-0.4, -0.2) is 47.6 Å². The second-order valence-electron chi connectivity index (χ2n) is 4.62. The molecule has 0 aliphatic heterocycles. The van der Waals surface area contributed by atoms with Crippen LogP contribution in [0.4, 0.5) is 10.5 Å². The van der Waals surface area contributed by atoms with Crippen molar-refractivity contribution < 1.29 is 14.7 Å². The molecule has 0 bridgehead atoms. The maximum atomic E-state index is 12.0. The summed E-state index contributed by atoms with van der Waals surface area (Å²) in [5.41, 5.74) is 2.27. The molecule has 0 aliphatic carbocycles. The van der Waals surface area contributed by atoms with Gasteiger partial charge in [-0.25, -0.2) is 9.59 Å². The van der Waals surface area contributed by atoms with Crippen molar-refractivity contribution in [1.29, 1.82) is 0 Å². The SMILES string of the molecule is CSCCN(C)C(=O)Nc1cc(C)c(C)c(C(=O)O)c1. The average molecular weight is 296 g/mol. The standard InChI is InChI=1S/C14H20N2O3S/c1-9-7-11(8-12(10(9)2)13(17)18)15-14(19)16(3)5-6-20-4/h7-8H,5-6H2,1-4H3,(H,15,19)(H,17,18). The summed E-state index contributed by atoms with van der Waals surface area (Å²) in [5, 5.41) is 11.9. The van der Waals surface area contributed by atoms with Crippen LogP contribution in [0.15, 0.2) is 12.1 Å². The zero-order chi connectivity index (χ0) is 15.3. The molecule has 0 saturated carbocycles. The molecular weight excluding hydrogens is 276 g/mol. The number of carbonyl (C=O) groups is 2. The van der Waals surface area contributed by atoms with Gasteiger partial charge in [-0.2, -0.15) is 11.8 Å². The van der Waals surface area contributed by atoms with E-state index in [4.69, 9.17) is 5.11 Å². The first kappa shape index (κ1) is 16.4. The van der Waals surface area contributed by atoms with Crippen LogP contribution in [0.2, 0.25) is 0 Å². The Hall–Kier alpha value is -1.69. The number of carboxylic acids is 1. The van der Waals surface area contributed by atoms with Crippen molar-refractivity contribution in [3.8, 4) is 0 Å². The normalized spacial score (nSPS) is 10.2. The highest BCUT2D eigenvalue weighted by Gasteiger charge is 2.13. The topological polar surface area (TPSA) is 69.6 Å². The Kier molecular flexibility index (Phi) is 5.88. The molecule has 2 amide bonds. The molecular formula is C14H20N2O3S. The van der Waals surface area contributed by atoms with E-state index in [9.17, 15) is 9.59 Å². The van der Waals surface area contributed by atoms with Crippen LogP contribution in [0.25, 0.3) is 0 Å². The Balaban J connectivity index is 2.88. The average Bonchev–Trinajstić information content (AvgIpc) is 2.39. The first-order valence-electron chi connectivity index (χ1n) is 6.22. The first-order chi connectivity index (χ1) is 9.36. The minimum absolute atomic E-state index is 0.215. The van der Waals surface area contributed by atoms with E-state index in [1.165, 1.54) is 6.07 Å². The summed E-state index contributed by atoms with van der Waals surface area (Å²) in [6, 6.07) is 3.03. The van der Waals surface area contributed by atoms with Crippen molar-refractivity contribution in [2.45, 2.75) is 13.8 Å². The van der Waals surface area contributed by atoms with E-state index in [1.54, 1.807) is 36.7 Å². The van der Waals surface area contributed by atoms with Gasteiger partial charge in [0.05, 0.1) is 5.56 Å². The van der Waals surface area contributed by atoms with Gasteiger partial charge in [0, 0.05) is 25.0 Å². The van der Waals surface area contributed by atoms with Gasteiger partial charge in [-0.3, -0.25) is 0 Å². The fourth-order valence-electron chi connectivity index (χ4n) is 1.70. The number of hydrogen-bond acceptors (Lipinski definition) is 3. The van der Waals surface area contributed by atoms with Crippen molar-refractivity contribution >= 4 is 29.4 Å². The van der Waals surface area contributed by atoms with E-state index < -0.39 is 5.97 Å². The van der Waals surface area contributed by atoms with Crippen molar-refractivity contribution in [3.63, 3.8) is 0 Å². The van der Waals surface area contributed by atoms with Crippen LogP contribution >= 0.6 is 11.8 Å². The van der Waals surface area contributed by atoms with Gasteiger partial charge in [0.25, 0.3) is 0 Å². The van der Waals surface area contributed by atoms with Crippen LogP contribution in [0, 0.1) is 13.8 Å². The Labute approximate surface area is 123 Å². The van der Waals surface area contributed by atoms with Crippen LogP contribution in [0.5, 0.6) is 0 Å². The second kappa shape index (κ2) is 7.19. The molecule has 1 rings (SSSR count). The van der Waals surface area contributed by atoms with Crippen LogP contribution in [0.3, 0.4) is 0 Å². The van der Waals surface area contributed by atoms with E-state index in [0.29, 0.717) is 17.8 Å². The molecule has 6 heteroatoms. The lowest BCUT2D eigenvalue weighted by Crippen LogP contribution is -2.33. The molecule has 0 atom stereocenters.